The normalized spacial score (nSPS) is 15.7. The van der Waals surface area contributed by atoms with E-state index in [4.69, 9.17) is 9.15 Å². The van der Waals surface area contributed by atoms with Crippen molar-refractivity contribution in [3.63, 3.8) is 0 Å². The molecule has 138 valence electrons. The van der Waals surface area contributed by atoms with Crippen molar-refractivity contribution < 1.29 is 19.1 Å². The quantitative estimate of drug-likeness (QED) is 0.663. The number of nitrogens with one attached hydrogen (secondary N) is 1. The summed E-state index contributed by atoms with van der Waals surface area (Å²) in [6.45, 7) is 0.117. The number of para-hydroxylation sites is 1. The summed E-state index contributed by atoms with van der Waals surface area (Å²) in [4.78, 5) is 12.5. The van der Waals surface area contributed by atoms with Gasteiger partial charge in [-0.25, -0.2) is 0 Å². The molecule has 0 aliphatic heterocycles. The molecule has 0 saturated heterocycles. The standard InChI is InChI=1S/C22H21NO4/c24-21(23-15-22(25,17-10-11-17)20-7-4-14-26-20)16-8-12-19(13-9-16)27-18-5-2-1-3-6-18/h1-9,12-14,17,25H,10-11,15H2,(H,23,24). The van der Waals surface area contributed by atoms with Gasteiger partial charge in [-0.3, -0.25) is 4.79 Å². The van der Waals surface area contributed by atoms with E-state index in [-0.39, 0.29) is 18.4 Å². The van der Waals surface area contributed by atoms with Crippen molar-refractivity contribution in [2.45, 2.75) is 18.4 Å². The van der Waals surface area contributed by atoms with E-state index in [1.165, 1.54) is 6.26 Å². The number of amides is 1. The predicted octanol–water partition coefficient (Wildman–Crippen LogP) is 4.10. The Hall–Kier alpha value is -3.05. The van der Waals surface area contributed by atoms with Crippen LogP contribution in [0.5, 0.6) is 11.5 Å². The maximum Gasteiger partial charge on any atom is 0.251 e. The van der Waals surface area contributed by atoms with Gasteiger partial charge in [-0.15, -0.1) is 0 Å². The molecule has 5 nitrogen and oxygen atoms in total. The Morgan fingerprint density at radius 2 is 1.74 bits per heavy atom. The molecule has 1 aliphatic carbocycles. The second-order valence-corrected chi connectivity index (χ2v) is 6.80. The van der Waals surface area contributed by atoms with Gasteiger partial charge in [0.1, 0.15) is 22.9 Å². The molecule has 1 fully saturated rings. The van der Waals surface area contributed by atoms with Crippen molar-refractivity contribution in [2.75, 3.05) is 6.54 Å². The van der Waals surface area contributed by atoms with E-state index in [1.807, 2.05) is 30.3 Å². The Kier molecular flexibility index (Phi) is 4.69. The van der Waals surface area contributed by atoms with Gasteiger partial charge in [0.2, 0.25) is 0 Å². The summed E-state index contributed by atoms with van der Waals surface area (Å²) in [7, 11) is 0. The summed E-state index contributed by atoms with van der Waals surface area (Å²) >= 11 is 0. The van der Waals surface area contributed by atoms with Crippen LogP contribution in [0, 0.1) is 5.92 Å². The molecule has 2 N–H and O–H groups in total. The number of rotatable bonds is 7. The monoisotopic (exact) mass is 363 g/mol. The third-order valence-corrected chi connectivity index (χ3v) is 4.81. The number of carbonyl (C=O) groups is 1. The van der Waals surface area contributed by atoms with Gasteiger partial charge in [-0.1, -0.05) is 18.2 Å². The maximum atomic E-state index is 12.5. The molecule has 5 heteroatoms. The number of hydrogen-bond donors (Lipinski definition) is 2. The molecule has 3 aromatic rings. The average Bonchev–Trinajstić information content (AvgIpc) is 3.42. The molecular formula is C22H21NO4. The molecule has 1 aromatic heterocycles. The van der Waals surface area contributed by atoms with E-state index in [2.05, 4.69) is 5.32 Å². The zero-order valence-corrected chi connectivity index (χ0v) is 14.8. The molecule has 0 radical (unpaired) electrons. The fourth-order valence-corrected chi connectivity index (χ4v) is 3.13. The lowest BCUT2D eigenvalue weighted by molar-refractivity contribution is -0.00610. The number of benzene rings is 2. The van der Waals surface area contributed by atoms with Crippen molar-refractivity contribution >= 4 is 5.91 Å². The molecule has 1 saturated carbocycles. The van der Waals surface area contributed by atoms with Gasteiger partial charge < -0.3 is 19.6 Å². The highest BCUT2D eigenvalue weighted by Crippen LogP contribution is 2.45. The molecule has 1 heterocycles. The minimum absolute atomic E-state index is 0.116. The first kappa shape index (κ1) is 17.4. The van der Waals surface area contributed by atoms with Crippen LogP contribution < -0.4 is 10.1 Å². The fourth-order valence-electron chi connectivity index (χ4n) is 3.13. The number of carbonyl (C=O) groups excluding carboxylic acids is 1. The van der Waals surface area contributed by atoms with E-state index in [9.17, 15) is 9.90 Å². The van der Waals surface area contributed by atoms with Crippen LogP contribution in [-0.2, 0) is 5.60 Å². The highest BCUT2D eigenvalue weighted by atomic mass is 16.5. The van der Waals surface area contributed by atoms with Gasteiger partial charge >= 0.3 is 0 Å². The summed E-state index contributed by atoms with van der Waals surface area (Å²) in [6.07, 6.45) is 3.40. The minimum Gasteiger partial charge on any atom is -0.466 e. The molecule has 0 bridgehead atoms. The van der Waals surface area contributed by atoms with E-state index in [1.54, 1.807) is 36.4 Å². The smallest absolute Gasteiger partial charge is 0.251 e. The largest absolute Gasteiger partial charge is 0.466 e. The lowest BCUT2D eigenvalue weighted by atomic mass is 9.94. The van der Waals surface area contributed by atoms with Crippen LogP contribution in [-0.4, -0.2) is 17.6 Å². The lowest BCUT2D eigenvalue weighted by Gasteiger charge is -2.26. The first-order valence-electron chi connectivity index (χ1n) is 9.03. The zero-order chi connectivity index (χ0) is 18.7. The average molecular weight is 363 g/mol. The summed E-state index contributed by atoms with van der Waals surface area (Å²) in [5.74, 6) is 1.76. The summed E-state index contributed by atoms with van der Waals surface area (Å²) in [6, 6.07) is 19.9. The second-order valence-electron chi connectivity index (χ2n) is 6.80. The van der Waals surface area contributed by atoms with Crippen molar-refractivity contribution in [3.05, 3.63) is 84.3 Å². The fraction of sp³-hybridized carbons (Fsp3) is 0.227. The molecule has 27 heavy (non-hydrogen) atoms. The first-order valence-corrected chi connectivity index (χ1v) is 9.03. The van der Waals surface area contributed by atoms with Crippen molar-refractivity contribution in [1.82, 2.24) is 5.32 Å². The first-order chi connectivity index (χ1) is 13.1. The summed E-state index contributed by atoms with van der Waals surface area (Å²) in [5, 5.41) is 13.8. The SMILES string of the molecule is O=C(NCC(O)(c1ccco1)C1CC1)c1ccc(Oc2ccccc2)cc1. The van der Waals surface area contributed by atoms with Crippen LogP contribution >= 0.6 is 0 Å². The molecule has 1 atom stereocenters. The van der Waals surface area contributed by atoms with Gasteiger partial charge in [0.05, 0.1) is 12.8 Å². The second kappa shape index (κ2) is 7.29. The molecule has 4 rings (SSSR count). The van der Waals surface area contributed by atoms with Crippen LogP contribution in [0.3, 0.4) is 0 Å². The topological polar surface area (TPSA) is 71.7 Å². The van der Waals surface area contributed by atoms with Crippen LogP contribution in [0.25, 0.3) is 0 Å². The predicted molar refractivity (Wildman–Crippen MR) is 101 cm³/mol. The number of hydrogen-bond acceptors (Lipinski definition) is 4. The molecular weight excluding hydrogens is 342 g/mol. The van der Waals surface area contributed by atoms with E-state index in [0.29, 0.717) is 17.1 Å². The number of ether oxygens (including phenoxy) is 1. The molecule has 0 spiro atoms. The number of aliphatic hydroxyl groups is 1. The molecule has 1 amide bonds. The van der Waals surface area contributed by atoms with Gasteiger partial charge in [-0.2, -0.15) is 0 Å². The minimum atomic E-state index is -1.16. The Morgan fingerprint density at radius 1 is 1.04 bits per heavy atom. The van der Waals surface area contributed by atoms with Gasteiger partial charge in [0.25, 0.3) is 5.91 Å². The maximum absolute atomic E-state index is 12.5. The third-order valence-electron chi connectivity index (χ3n) is 4.81. The van der Waals surface area contributed by atoms with Crippen molar-refractivity contribution in [2.24, 2.45) is 5.92 Å². The van der Waals surface area contributed by atoms with Crippen LogP contribution in [0.2, 0.25) is 0 Å². The lowest BCUT2D eigenvalue weighted by Crippen LogP contribution is -2.42. The van der Waals surface area contributed by atoms with Gasteiger partial charge in [-0.05, 0) is 67.3 Å². The van der Waals surface area contributed by atoms with Crippen LogP contribution in [0.4, 0.5) is 0 Å². The summed E-state index contributed by atoms with van der Waals surface area (Å²) < 4.78 is 11.1. The molecule has 2 aromatic carbocycles. The Bertz CT molecular complexity index is 886. The van der Waals surface area contributed by atoms with Crippen molar-refractivity contribution in [1.29, 1.82) is 0 Å². The highest BCUT2D eigenvalue weighted by Gasteiger charge is 2.47. The Morgan fingerprint density at radius 3 is 2.37 bits per heavy atom. The zero-order valence-electron chi connectivity index (χ0n) is 14.8. The van der Waals surface area contributed by atoms with Gasteiger partial charge in [0, 0.05) is 5.56 Å². The third kappa shape index (κ3) is 3.88. The molecule has 1 unspecified atom stereocenters. The number of furan rings is 1. The Balaban J connectivity index is 1.39. The van der Waals surface area contributed by atoms with Crippen LogP contribution in [0.15, 0.2) is 77.4 Å². The Labute approximate surface area is 157 Å². The summed E-state index contributed by atoms with van der Waals surface area (Å²) in [5.41, 5.74) is -0.650. The highest BCUT2D eigenvalue weighted by molar-refractivity contribution is 5.94. The van der Waals surface area contributed by atoms with E-state index >= 15 is 0 Å². The van der Waals surface area contributed by atoms with Crippen molar-refractivity contribution in [3.8, 4) is 11.5 Å². The van der Waals surface area contributed by atoms with Gasteiger partial charge in [0.15, 0.2) is 0 Å². The van der Waals surface area contributed by atoms with E-state index < -0.39 is 5.60 Å². The van der Waals surface area contributed by atoms with E-state index in [0.717, 1.165) is 18.6 Å². The molecule has 1 aliphatic rings. The van der Waals surface area contributed by atoms with Crippen LogP contribution in [0.1, 0.15) is 29.0 Å².